The molecule has 1 aromatic rings. The van der Waals surface area contributed by atoms with Gasteiger partial charge in [-0.05, 0) is 28.1 Å². The molecular weight excluding hydrogens is 327 g/mol. The number of halogens is 2. The van der Waals surface area contributed by atoms with Crippen molar-refractivity contribution in [3.63, 3.8) is 0 Å². The maximum Gasteiger partial charge on any atom is 0.241 e. The van der Waals surface area contributed by atoms with Crippen LogP contribution in [0.15, 0.2) is 16.6 Å². The van der Waals surface area contributed by atoms with Gasteiger partial charge in [-0.15, -0.1) is 0 Å². The lowest BCUT2D eigenvalue weighted by molar-refractivity contribution is -0.129. The number of nitriles is 1. The lowest BCUT2D eigenvalue weighted by Gasteiger charge is -2.27. The lowest BCUT2D eigenvalue weighted by Crippen LogP contribution is -2.48. The third-order valence-electron chi connectivity index (χ3n) is 3.10. The molecule has 1 aliphatic heterocycles. The Balaban J connectivity index is 1.99. The molecule has 1 aromatic carbocycles. The Hall–Kier alpha value is -1.65. The van der Waals surface area contributed by atoms with Crippen molar-refractivity contribution >= 4 is 27.5 Å². The highest BCUT2D eigenvalue weighted by molar-refractivity contribution is 9.10. The van der Waals surface area contributed by atoms with E-state index in [-0.39, 0.29) is 28.2 Å². The molecule has 0 atom stereocenters. The quantitative estimate of drug-likeness (QED) is 0.870. The number of anilines is 1. The van der Waals surface area contributed by atoms with E-state index in [0.29, 0.717) is 13.1 Å². The molecule has 1 aliphatic rings. The predicted octanol–water partition coefficient (Wildman–Crippen LogP) is 1.30. The van der Waals surface area contributed by atoms with E-state index in [1.807, 2.05) is 6.07 Å². The van der Waals surface area contributed by atoms with E-state index in [4.69, 9.17) is 5.26 Å². The third kappa shape index (κ3) is 3.26. The Kier molecular flexibility index (Phi) is 4.93. The van der Waals surface area contributed by atoms with Crippen LogP contribution in [0.2, 0.25) is 0 Å². The van der Waals surface area contributed by atoms with E-state index < -0.39 is 5.82 Å². The molecule has 1 saturated heterocycles. The van der Waals surface area contributed by atoms with Gasteiger partial charge < -0.3 is 15.5 Å². The molecule has 0 bridgehead atoms. The van der Waals surface area contributed by atoms with Gasteiger partial charge >= 0.3 is 0 Å². The van der Waals surface area contributed by atoms with Crippen LogP contribution in [0.1, 0.15) is 5.56 Å². The first-order valence-electron chi connectivity index (χ1n) is 6.24. The predicted molar refractivity (Wildman–Crippen MR) is 76.8 cm³/mol. The normalized spacial score (nSPS) is 14.8. The summed E-state index contributed by atoms with van der Waals surface area (Å²) in [5.41, 5.74) is 0.431. The van der Waals surface area contributed by atoms with Crippen molar-refractivity contribution in [3.8, 4) is 6.07 Å². The van der Waals surface area contributed by atoms with Gasteiger partial charge in [0.1, 0.15) is 6.07 Å². The fourth-order valence-corrected chi connectivity index (χ4v) is 2.40. The van der Waals surface area contributed by atoms with Crippen molar-refractivity contribution in [1.29, 1.82) is 5.26 Å². The van der Waals surface area contributed by atoms with Crippen LogP contribution in [0, 0.1) is 17.1 Å². The van der Waals surface area contributed by atoms with Gasteiger partial charge in [0.15, 0.2) is 5.82 Å². The summed E-state index contributed by atoms with van der Waals surface area (Å²) in [6, 6.07) is 4.85. The zero-order valence-corrected chi connectivity index (χ0v) is 12.3. The topological polar surface area (TPSA) is 68.2 Å². The summed E-state index contributed by atoms with van der Waals surface area (Å²) in [4.78, 5) is 13.7. The Bertz CT molecular complexity index is 552. The first-order valence-corrected chi connectivity index (χ1v) is 7.03. The second-order valence-corrected chi connectivity index (χ2v) is 5.18. The van der Waals surface area contributed by atoms with Gasteiger partial charge in [-0.2, -0.15) is 5.26 Å². The fraction of sp³-hybridized carbons (Fsp3) is 0.385. The molecule has 0 spiro atoms. The third-order valence-corrected chi connectivity index (χ3v) is 3.88. The molecule has 0 unspecified atom stereocenters. The molecule has 0 aromatic heterocycles. The van der Waals surface area contributed by atoms with Gasteiger partial charge in [-0.1, -0.05) is 0 Å². The summed E-state index contributed by atoms with van der Waals surface area (Å²) in [6.45, 7) is 2.93. The molecule has 0 saturated carbocycles. The van der Waals surface area contributed by atoms with Crippen LogP contribution < -0.4 is 10.6 Å². The molecule has 2 N–H and O–H groups in total. The van der Waals surface area contributed by atoms with E-state index in [0.717, 1.165) is 13.1 Å². The van der Waals surface area contributed by atoms with Crippen molar-refractivity contribution in [2.24, 2.45) is 0 Å². The number of benzene rings is 1. The number of piperazine rings is 1. The van der Waals surface area contributed by atoms with Crippen LogP contribution in [-0.4, -0.2) is 43.5 Å². The van der Waals surface area contributed by atoms with Crippen molar-refractivity contribution in [3.05, 3.63) is 28.0 Å². The Morgan fingerprint density at radius 1 is 1.50 bits per heavy atom. The lowest BCUT2D eigenvalue weighted by atomic mass is 10.2. The molecule has 1 heterocycles. The number of nitrogens with zero attached hydrogens (tertiary/aromatic N) is 2. The highest BCUT2D eigenvalue weighted by atomic mass is 79.9. The summed E-state index contributed by atoms with van der Waals surface area (Å²) in [5, 5.41) is 14.7. The molecule has 7 heteroatoms. The van der Waals surface area contributed by atoms with E-state index in [1.54, 1.807) is 4.90 Å². The van der Waals surface area contributed by atoms with Gasteiger partial charge in [0.25, 0.3) is 0 Å². The number of amides is 1. The fourth-order valence-electron chi connectivity index (χ4n) is 1.97. The van der Waals surface area contributed by atoms with Crippen LogP contribution in [0.4, 0.5) is 10.1 Å². The summed E-state index contributed by atoms with van der Waals surface area (Å²) >= 11 is 3.03. The van der Waals surface area contributed by atoms with Gasteiger partial charge in [-0.25, -0.2) is 4.39 Å². The van der Waals surface area contributed by atoms with E-state index >= 15 is 0 Å². The van der Waals surface area contributed by atoms with Crippen LogP contribution >= 0.6 is 15.9 Å². The summed E-state index contributed by atoms with van der Waals surface area (Å²) < 4.78 is 14.1. The second kappa shape index (κ2) is 6.68. The largest absolute Gasteiger partial charge is 0.374 e. The van der Waals surface area contributed by atoms with Gasteiger partial charge in [-0.3, -0.25) is 4.79 Å². The molecule has 0 aliphatic carbocycles. The molecule has 0 radical (unpaired) electrons. The maximum atomic E-state index is 13.9. The summed E-state index contributed by atoms with van der Waals surface area (Å²) in [6.07, 6.45) is 0. The number of rotatable bonds is 3. The minimum Gasteiger partial charge on any atom is -0.374 e. The van der Waals surface area contributed by atoms with Gasteiger partial charge in [0.2, 0.25) is 5.91 Å². The van der Waals surface area contributed by atoms with Crippen molar-refractivity contribution in [1.82, 2.24) is 10.2 Å². The highest BCUT2D eigenvalue weighted by Gasteiger charge is 2.17. The summed E-state index contributed by atoms with van der Waals surface area (Å²) in [5.74, 6) is -0.622. The average molecular weight is 341 g/mol. The Morgan fingerprint density at radius 2 is 2.20 bits per heavy atom. The van der Waals surface area contributed by atoms with E-state index in [1.165, 1.54) is 12.1 Å². The second-order valence-electron chi connectivity index (χ2n) is 4.38. The zero-order valence-electron chi connectivity index (χ0n) is 10.7. The van der Waals surface area contributed by atoms with E-state index in [9.17, 15) is 9.18 Å². The number of carbonyl (C=O) groups is 1. The minimum atomic E-state index is -0.558. The van der Waals surface area contributed by atoms with Gasteiger partial charge in [0, 0.05) is 26.2 Å². The van der Waals surface area contributed by atoms with Crippen LogP contribution in [0.3, 0.4) is 0 Å². The molecule has 106 valence electrons. The first-order chi connectivity index (χ1) is 9.63. The average Bonchev–Trinajstić information content (AvgIpc) is 2.49. The first kappa shape index (κ1) is 14.8. The highest BCUT2D eigenvalue weighted by Crippen LogP contribution is 2.26. The Morgan fingerprint density at radius 3 is 2.85 bits per heavy atom. The van der Waals surface area contributed by atoms with Crippen molar-refractivity contribution < 1.29 is 9.18 Å². The number of nitrogens with one attached hydrogen (secondary N) is 2. The molecule has 1 fully saturated rings. The molecule has 5 nitrogen and oxygen atoms in total. The molecular formula is C13H14BrFN4O. The van der Waals surface area contributed by atoms with Gasteiger partial charge in [0.05, 0.1) is 22.3 Å². The van der Waals surface area contributed by atoms with Crippen molar-refractivity contribution in [2.75, 3.05) is 38.0 Å². The van der Waals surface area contributed by atoms with Crippen LogP contribution in [0.5, 0.6) is 0 Å². The zero-order chi connectivity index (χ0) is 14.5. The molecule has 2 rings (SSSR count). The van der Waals surface area contributed by atoms with Crippen LogP contribution in [0.25, 0.3) is 0 Å². The number of hydrogen-bond donors (Lipinski definition) is 2. The standard InChI is InChI=1S/C13H14BrFN4O/c14-12-9(7-16)1-2-10(13(12)15)18-8-11(20)19-5-3-17-4-6-19/h1-2,17-18H,3-6,8H2. The SMILES string of the molecule is N#Cc1ccc(NCC(=O)N2CCNCC2)c(F)c1Br. The van der Waals surface area contributed by atoms with E-state index in [2.05, 4.69) is 26.6 Å². The maximum absolute atomic E-state index is 13.9. The molecule has 1 amide bonds. The Labute approximate surface area is 124 Å². The molecule has 20 heavy (non-hydrogen) atoms. The van der Waals surface area contributed by atoms with Crippen molar-refractivity contribution in [2.45, 2.75) is 0 Å². The smallest absolute Gasteiger partial charge is 0.241 e. The van der Waals surface area contributed by atoms with Crippen LogP contribution in [-0.2, 0) is 4.79 Å². The number of hydrogen-bond acceptors (Lipinski definition) is 4. The summed E-state index contributed by atoms with van der Waals surface area (Å²) in [7, 11) is 0. The monoisotopic (exact) mass is 340 g/mol. The number of carbonyl (C=O) groups excluding carboxylic acids is 1. The minimum absolute atomic E-state index is 0.0370.